The van der Waals surface area contributed by atoms with Gasteiger partial charge >= 0.3 is 0 Å². The van der Waals surface area contributed by atoms with E-state index in [1.54, 1.807) is 13.8 Å². The summed E-state index contributed by atoms with van der Waals surface area (Å²) in [6, 6.07) is 0. The Morgan fingerprint density at radius 2 is 2.26 bits per heavy atom. The fraction of sp³-hybridized carbons (Fsp3) is 0.300. The first-order chi connectivity index (χ1) is 8.97. The standard InChI is InChI=1S/C10H11FN6O2/c1-5(11)10(18)13-9-6(2)17(16-14-9)4-8-12-7(3)19-15-8/h1,4H2,2-3H3,(H,13,18). The van der Waals surface area contributed by atoms with Gasteiger partial charge in [-0.3, -0.25) is 4.79 Å². The van der Waals surface area contributed by atoms with Crippen LogP contribution in [0.3, 0.4) is 0 Å². The largest absolute Gasteiger partial charge is 0.340 e. The predicted octanol–water partition coefficient (Wildman–Crippen LogP) is 0.748. The molecule has 0 bridgehead atoms. The topological polar surface area (TPSA) is 98.7 Å². The number of carbonyl (C=O) groups is 1. The van der Waals surface area contributed by atoms with Crippen molar-refractivity contribution >= 4 is 11.7 Å². The van der Waals surface area contributed by atoms with Gasteiger partial charge in [0.05, 0.1) is 5.69 Å². The Kier molecular flexibility index (Phi) is 3.36. The van der Waals surface area contributed by atoms with Crippen LogP contribution in [0.5, 0.6) is 0 Å². The molecular formula is C10H11FN6O2. The molecule has 2 heterocycles. The molecule has 2 rings (SSSR count). The van der Waals surface area contributed by atoms with Crippen molar-refractivity contribution in [3.8, 4) is 0 Å². The summed E-state index contributed by atoms with van der Waals surface area (Å²) >= 11 is 0. The summed E-state index contributed by atoms with van der Waals surface area (Å²) in [5.74, 6) is -1.02. The van der Waals surface area contributed by atoms with Crippen molar-refractivity contribution in [2.24, 2.45) is 0 Å². The van der Waals surface area contributed by atoms with E-state index < -0.39 is 11.7 Å². The summed E-state index contributed by atoms with van der Waals surface area (Å²) in [4.78, 5) is 15.2. The number of amides is 1. The van der Waals surface area contributed by atoms with Crippen molar-refractivity contribution in [2.45, 2.75) is 20.4 Å². The van der Waals surface area contributed by atoms with E-state index >= 15 is 0 Å². The molecule has 2 aromatic rings. The maximum atomic E-state index is 12.6. The zero-order chi connectivity index (χ0) is 14.0. The fourth-order valence-electron chi connectivity index (χ4n) is 1.34. The van der Waals surface area contributed by atoms with Gasteiger partial charge in [-0.25, -0.2) is 9.07 Å². The molecule has 0 aliphatic rings. The van der Waals surface area contributed by atoms with Crippen LogP contribution in [0.1, 0.15) is 17.4 Å². The van der Waals surface area contributed by atoms with E-state index in [0.29, 0.717) is 17.4 Å². The molecule has 2 aromatic heterocycles. The van der Waals surface area contributed by atoms with Crippen LogP contribution < -0.4 is 5.32 Å². The van der Waals surface area contributed by atoms with Crippen LogP contribution in [0.4, 0.5) is 10.2 Å². The van der Waals surface area contributed by atoms with Crippen LogP contribution in [0.25, 0.3) is 0 Å². The first-order valence-corrected chi connectivity index (χ1v) is 5.32. The number of aryl methyl sites for hydroxylation is 1. The summed E-state index contributed by atoms with van der Waals surface area (Å²) in [6.45, 7) is 6.47. The quantitative estimate of drug-likeness (QED) is 0.820. The molecule has 1 N–H and O–H groups in total. The smallest absolute Gasteiger partial charge is 0.285 e. The maximum absolute atomic E-state index is 12.6. The van der Waals surface area contributed by atoms with Crippen molar-refractivity contribution in [1.82, 2.24) is 25.1 Å². The molecule has 0 saturated carbocycles. The molecule has 0 atom stereocenters. The van der Waals surface area contributed by atoms with E-state index in [9.17, 15) is 9.18 Å². The maximum Gasteiger partial charge on any atom is 0.285 e. The Hall–Kier alpha value is -2.58. The Labute approximate surface area is 107 Å². The van der Waals surface area contributed by atoms with Crippen LogP contribution in [0.15, 0.2) is 16.9 Å². The Morgan fingerprint density at radius 1 is 1.53 bits per heavy atom. The van der Waals surface area contributed by atoms with Gasteiger partial charge in [-0.2, -0.15) is 4.98 Å². The molecule has 0 aromatic carbocycles. The first-order valence-electron chi connectivity index (χ1n) is 5.32. The second-order valence-corrected chi connectivity index (χ2v) is 3.77. The average Bonchev–Trinajstić information content (AvgIpc) is 2.90. The third-order valence-corrected chi connectivity index (χ3v) is 2.32. The third kappa shape index (κ3) is 2.81. The number of nitrogens with one attached hydrogen (secondary N) is 1. The summed E-state index contributed by atoms with van der Waals surface area (Å²) in [5, 5.41) is 13.5. The number of carbonyl (C=O) groups excluding carboxylic acids is 1. The van der Waals surface area contributed by atoms with E-state index in [1.807, 2.05) is 0 Å². The number of hydrogen-bond donors (Lipinski definition) is 1. The number of nitrogens with zero attached hydrogens (tertiary/aromatic N) is 5. The van der Waals surface area contributed by atoms with E-state index in [0.717, 1.165) is 0 Å². The number of aromatic nitrogens is 5. The van der Waals surface area contributed by atoms with Gasteiger partial charge < -0.3 is 9.84 Å². The van der Waals surface area contributed by atoms with E-state index in [-0.39, 0.29) is 12.4 Å². The molecule has 0 spiro atoms. The molecule has 8 nitrogen and oxygen atoms in total. The number of halogens is 1. The van der Waals surface area contributed by atoms with Gasteiger partial charge in [0.15, 0.2) is 17.5 Å². The van der Waals surface area contributed by atoms with Crippen molar-refractivity contribution in [3.63, 3.8) is 0 Å². The molecule has 19 heavy (non-hydrogen) atoms. The van der Waals surface area contributed by atoms with Gasteiger partial charge in [0.2, 0.25) is 5.89 Å². The zero-order valence-electron chi connectivity index (χ0n) is 10.3. The Balaban J connectivity index is 2.14. The highest BCUT2D eigenvalue weighted by Crippen LogP contribution is 2.12. The lowest BCUT2D eigenvalue weighted by Crippen LogP contribution is -2.13. The lowest BCUT2D eigenvalue weighted by Gasteiger charge is -2.01. The van der Waals surface area contributed by atoms with Crippen LogP contribution >= 0.6 is 0 Å². The second kappa shape index (κ2) is 4.96. The molecule has 9 heteroatoms. The van der Waals surface area contributed by atoms with Gasteiger partial charge in [-0.05, 0) is 6.92 Å². The monoisotopic (exact) mass is 266 g/mol. The van der Waals surface area contributed by atoms with Crippen LogP contribution in [-0.4, -0.2) is 31.0 Å². The van der Waals surface area contributed by atoms with Crippen LogP contribution in [0.2, 0.25) is 0 Å². The average molecular weight is 266 g/mol. The van der Waals surface area contributed by atoms with E-state index in [2.05, 4.69) is 32.3 Å². The first kappa shape index (κ1) is 12.9. The fourth-order valence-corrected chi connectivity index (χ4v) is 1.34. The van der Waals surface area contributed by atoms with Gasteiger partial charge in [0.1, 0.15) is 6.54 Å². The molecule has 0 radical (unpaired) electrons. The summed E-state index contributed by atoms with van der Waals surface area (Å²) < 4.78 is 18.9. The summed E-state index contributed by atoms with van der Waals surface area (Å²) in [7, 11) is 0. The lowest BCUT2D eigenvalue weighted by molar-refractivity contribution is -0.114. The molecule has 0 unspecified atom stereocenters. The molecule has 1 amide bonds. The van der Waals surface area contributed by atoms with Gasteiger partial charge in [0.25, 0.3) is 5.91 Å². The van der Waals surface area contributed by atoms with Crippen molar-refractivity contribution < 1.29 is 13.7 Å². The number of rotatable bonds is 4. The Morgan fingerprint density at radius 3 is 2.84 bits per heavy atom. The third-order valence-electron chi connectivity index (χ3n) is 2.32. The molecular weight excluding hydrogens is 255 g/mol. The number of hydrogen-bond acceptors (Lipinski definition) is 6. The van der Waals surface area contributed by atoms with Gasteiger partial charge in [-0.15, -0.1) is 5.10 Å². The molecule has 0 fully saturated rings. The predicted molar refractivity (Wildman–Crippen MR) is 61.8 cm³/mol. The number of anilines is 1. The minimum Gasteiger partial charge on any atom is -0.340 e. The molecule has 0 aliphatic heterocycles. The van der Waals surface area contributed by atoms with Crippen molar-refractivity contribution in [3.05, 3.63) is 29.8 Å². The normalized spacial score (nSPS) is 10.5. The highest BCUT2D eigenvalue weighted by molar-refractivity contribution is 6.01. The van der Waals surface area contributed by atoms with Gasteiger partial charge in [0, 0.05) is 6.92 Å². The van der Waals surface area contributed by atoms with Crippen LogP contribution in [-0.2, 0) is 11.3 Å². The minimum atomic E-state index is -1.09. The van der Waals surface area contributed by atoms with E-state index in [1.165, 1.54) is 4.68 Å². The van der Waals surface area contributed by atoms with Gasteiger partial charge in [-0.1, -0.05) is 16.9 Å². The molecule has 0 saturated heterocycles. The Bertz CT molecular complexity index is 632. The highest BCUT2D eigenvalue weighted by atomic mass is 19.1. The summed E-state index contributed by atoms with van der Waals surface area (Å²) in [5.41, 5.74) is 0.539. The van der Waals surface area contributed by atoms with Crippen LogP contribution in [0, 0.1) is 13.8 Å². The highest BCUT2D eigenvalue weighted by Gasteiger charge is 2.15. The van der Waals surface area contributed by atoms with Crippen molar-refractivity contribution in [2.75, 3.05) is 5.32 Å². The minimum absolute atomic E-state index is 0.156. The lowest BCUT2D eigenvalue weighted by atomic mass is 10.4. The second-order valence-electron chi connectivity index (χ2n) is 3.77. The summed E-state index contributed by atoms with van der Waals surface area (Å²) in [6.07, 6.45) is 0. The van der Waals surface area contributed by atoms with Crippen molar-refractivity contribution in [1.29, 1.82) is 0 Å². The molecule has 0 aliphatic carbocycles. The van der Waals surface area contributed by atoms with E-state index in [4.69, 9.17) is 4.52 Å². The molecule has 100 valence electrons. The SMILES string of the molecule is C=C(F)C(=O)Nc1nnn(Cc2noc(C)n2)c1C. The zero-order valence-corrected chi connectivity index (χ0v) is 10.3.